The molecule has 0 bridgehead atoms. The van der Waals surface area contributed by atoms with E-state index in [4.69, 9.17) is 11.5 Å². The van der Waals surface area contributed by atoms with E-state index < -0.39 is 0 Å². The summed E-state index contributed by atoms with van der Waals surface area (Å²) in [5.41, 5.74) is 14.1. The first-order valence-corrected chi connectivity index (χ1v) is 5.02. The Labute approximate surface area is 92.8 Å². The average Bonchev–Trinajstić information content (AvgIpc) is 2.15. The largest absolute Gasteiger partial charge is 0.400 e. The second kappa shape index (κ2) is 4.85. The smallest absolute Gasteiger partial charge is 0.0617 e. The fourth-order valence-electron chi connectivity index (χ4n) is 1.89. The van der Waals surface area contributed by atoms with Gasteiger partial charge in [0.15, 0.2) is 0 Å². The summed E-state index contributed by atoms with van der Waals surface area (Å²) in [5.74, 6) is 0.341. The molecule has 0 fully saturated rings. The summed E-state index contributed by atoms with van der Waals surface area (Å²) in [6, 6.07) is 0. The van der Waals surface area contributed by atoms with Crippen molar-refractivity contribution >= 4 is 12.4 Å². The highest BCUT2D eigenvalue weighted by molar-refractivity contribution is 5.85. The predicted octanol–water partition coefficient (Wildman–Crippen LogP) is 2.34. The quantitative estimate of drug-likeness (QED) is 0.745. The highest BCUT2D eigenvalue weighted by Crippen LogP contribution is 2.32. The van der Waals surface area contributed by atoms with E-state index in [1.165, 1.54) is 5.57 Å². The maximum absolute atomic E-state index is 6.28. The molecule has 1 rings (SSSR count). The summed E-state index contributed by atoms with van der Waals surface area (Å²) in [4.78, 5) is 0. The van der Waals surface area contributed by atoms with E-state index in [-0.39, 0.29) is 17.9 Å². The third-order valence-corrected chi connectivity index (χ3v) is 3.21. The lowest BCUT2D eigenvalue weighted by molar-refractivity contribution is 0.372. The topological polar surface area (TPSA) is 52.0 Å². The van der Waals surface area contributed by atoms with Crippen LogP contribution in [0.2, 0.25) is 0 Å². The first kappa shape index (κ1) is 13.5. The van der Waals surface area contributed by atoms with E-state index in [0.29, 0.717) is 5.92 Å². The highest BCUT2D eigenvalue weighted by Gasteiger charge is 2.34. The zero-order chi connectivity index (χ0) is 10.1. The Hall–Kier alpha value is -0.470. The molecule has 1 aliphatic carbocycles. The number of hydrogen-bond acceptors (Lipinski definition) is 2. The van der Waals surface area contributed by atoms with Gasteiger partial charge in [-0.25, -0.2) is 0 Å². The van der Waals surface area contributed by atoms with Gasteiger partial charge in [0.1, 0.15) is 0 Å². The van der Waals surface area contributed by atoms with Gasteiger partial charge in [0, 0.05) is 5.70 Å². The summed E-state index contributed by atoms with van der Waals surface area (Å²) in [6.45, 7) is 6.33. The minimum Gasteiger partial charge on any atom is -0.400 e. The lowest BCUT2D eigenvalue weighted by Gasteiger charge is -2.37. The standard InChI is InChI=1S/C11H20N2.ClH/c1-4-9-7-6-8(3)11(13,5-2)10(9)12;/h6-8H,4-5,12-13H2,1-3H3;1H. The average molecular weight is 217 g/mol. The van der Waals surface area contributed by atoms with Crippen LogP contribution in [0.1, 0.15) is 33.6 Å². The van der Waals surface area contributed by atoms with Crippen molar-refractivity contribution in [2.24, 2.45) is 17.4 Å². The first-order valence-electron chi connectivity index (χ1n) is 5.02. The minimum absolute atomic E-state index is 0. The van der Waals surface area contributed by atoms with Crippen molar-refractivity contribution in [1.82, 2.24) is 0 Å². The lowest BCUT2D eigenvalue weighted by atomic mass is 9.75. The van der Waals surface area contributed by atoms with Crippen LogP contribution < -0.4 is 11.5 Å². The van der Waals surface area contributed by atoms with Gasteiger partial charge >= 0.3 is 0 Å². The fraction of sp³-hybridized carbons (Fsp3) is 0.636. The summed E-state index contributed by atoms with van der Waals surface area (Å²) in [5, 5.41) is 0. The van der Waals surface area contributed by atoms with Crippen LogP contribution in [0.15, 0.2) is 23.4 Å². The van der Waals surface area contributed by atoms with Gasteiger partial charge in [-0.3, -0.25) is 0 Å². The van der Waals surface area contributed by atoms with E-state index >= 15 is 0 Å². The molecule has 2 atom stereocenters. The number of nitrogens with two attached hydrogens (primary N) is 2. The Bertz CT molecular complexity index is 258. The van der Waals surface area contributed by atoms with Gasteiger partial charge in [0.05, 0.1) is 5.54 Å². The monoisotopic (exact) mass is 216 g/mol. The van der Waals surface area contributed by atoms with E-state index in [0.717, 1.165) is 18.5 Å². The Kier molecular flexibility index (Phi) is 4.69. The van der Waals surface area contributed by atoms with Gasteiger partial charge in [0.2, 0.25) is 0 Å². The maximum Gasteiger partial charge on any atom is 0.0617 e. The molecule has 0 amide bonds. The van der Waals surface area contributed by atoms with Gasteiger partial charge in [-0.05, 0) is 24.3 Å². The molecule has 0 heterocycles. The SMILES string of the molecule is CCC1=C(N)C(N)(CC)C(C)C=C1.Cl. The molecule has 14 heavy (non-hydrogen) atoms. The van der Waals surface area contributed by atoms with Gasteiger partial charge in [-0.2, -0.15) is 0 Å². The summed E-state index contributed by atoms with van der Waals surface area (Å²) in [7, 11) is 0. The molecule has 2 nitrogen and oxygen atoms in total. The Morgan fingerprint density at radius 1 is 1.43 bits per heavy atom. The third-order valence-electron chi connectivity index (χ3n) is 3.21. The number of halogens is 1. The van der Waals surface area contributed by atoms with Gasteiger partial charge in [0.25, 0.3) is 0 Å². The van der Waals surface area contributed by atoms with Crippen LogP contribution in [-0.2, 0) is 0 Å². The molecular weight excluding hydrogens is 196 g/mol. The Morgan fingerprint density at radius 2 is 2.00 bits per heavy atom. The molecule has 0 saturated carbocycles. The normalized spacial score (nSPS) is 31.6. The molecule has 0 spiro atoms. The first-order chi connectivity index (χ1) is 6.06. The zero-order valence-corrected chi connectivity index (χ0v) is 10.0. The van der Waals surface area contributed by atoms with E-state index in [9.17, 15) is 0 Å². The molecule has 0 aliphatic heterocycles. The molecule has 4 N–H and O–H groups in total. The third kappa shape index (κ3) is 1.96. The van der Waals surface area contributed by atoms with E-state index in [1.54, 1.807) is 0 Å². The van der Waals surface area contributed by atoms with E-state index in [2.05, 4.69) is 32.9 Å². The van der Waals surface area contributed by atoms with Crippen LogP contribution in [0.3, 0.4) is 0 Å². The van der Waals surface area contributed by atoms with Crippen molar-refractivity contribution in [3.8, 4) is 0 Å². The summed E-state index contributed by atoms with van der Waals surface area (Å²) < 4.78 is 0. The van der Waals surface area contributed by atoms with Crippen molar-refractivity contribution in [2.75, 3.05) is 0 Å². The van der Waals surface area contributed by atoms with Gasteiger partial charge in [-0.1, -0.05) is 32.9 Å². The molecule has 3 heteroatoms. The van der Waals surface area contributed by atoms with Crippen LogP contribution >= 0.6 is 12.4 Å². The van der Waals surface area contributed by atoms with Crippen molar-refractivity contribution in [2.45, 2.75) is 39.2 Å². The van der Waals surface area contributed by atoms with Crippen molar-refractivity contribution in [3.63, 3.8) is 0 Å². The van der Waals surface area contributed by atoms with Crippen LogP contribution in [0.5, 0.6) is 0 Å². The molecule has 1 aliphatic rings. The molecular formula is C11H21ClN2. The second-order valence-corrected chi connectivity index (χ2v) is 3.83. The highest BCUT2D eigenvalue weighted by atomic mass is 35.5. The number of rotatable bonds is 2. The van der Waals surface area contributed by atoms with Gasteiger partial charge < -0.3 is 11.5 Å². The zero-order valence-electron chi connectivity index (χ0n) is 9.21. The predicted molar refractivity (Wildman–Crippen MR) is 64.3 cm³/mol. The van der Waals surface area contributed by atoms with Crippen LogP contribution in [0.25, 0.3) is 0 Å². The van der Waals surface area contributed by atoms with Crippen LogP contribution in [0.4, 0.5) is 0 Å². The summed E-state index contributed by atoms with van der Waals surface area (Å²) >= 11 is 0. The molecule has 0 aromatic carbocycles. The van der Waals surface area contributed by atoms with E-state index in [1.807, 2.05) is 0 Å². The second-order valence-electron chi connectivity index (χ2n) is 3.83. The molecule has 0 aromatic rings. The lowest BCUT2D eigenvalue weighted by Crippen LogP contribution is -2.51. The Morgan fingerprint density at radius 3 is 2.43 bits per heavy atom. The van der Waals surface area contributed by atoms with Crippen molar-refractivity contribution < 1.29 is 0 Å². The fourth-order valence-corrected chi connectivity index (χ4v) is 1.89. The molecule has 0 radical (unpaired) electrons. The maximum atomic E-state index is 6.28. The molecule has 0 saturated heterocycles. The number of hydrogen-bond donors (Lipinski definition) is 2. The van der Waals surface area contributed by atoms with Crippen LogP contribution in [0, 0.1) is 5.92 Å². The Balaban J connectivity index is 0.00000169. The molecule has 2 unspecified atom stereocenters. The number of allylic oxidation sites excluding steroid dienone is 2. The van der Waals surface area contributed by atoms with Crippen molar-refractivity contribution in [1.29, 1.82) is 0 Å². The van der Waals surface area contributed by atoms with Gasteiger partial charge in [-0.15, -0.1) is 12.4 Å². The summed E-state index contributed by atoms with van der Waals surface area (Å²) in [6.07, 6.45) is 6.14. The minimum atomic E-state index is -0.319. The van der Waals surface area contributed by atoms with Crippen LogP contribution in [-0.4, -0.2) is 5.54 Å². The molecule has 82 valence electrons. The van der Waals surface area contributed by atoms with Crippen molar-refractivity contribution in [3.05, 3.63) is 23.4 Å². The molecule has 0 aromatic heterocycles.